The average Bonchev–Trinajstić information content (AvgIpc) is 3.54. The van der Waals surface area contributed by atoms with Crippen LogP contribution < -0.4 is 10.2 Å². The molecule has 1 saturated heterocycles. The minimum atomic E-state index is -0.0875. The standard InChI is InChI=1S/C29H33N9O/c1-18-22-11-8-20(16-24(22)37(5)36-18)23-17-25(32-28(31-23)38-12-14-39-15-13-38)30-21-9-6-19(7-10-21)26-33-27(35-34-26)29(2,3)4/h6-11,16-17H,12-15H2,1-5H3,(H,30,31,32)(H,33,34,35). The fourth-order valence-corrected chi connectivity index (χ4v) is 4.74. The molecule has 39 heavy (non-hydrogen) atoms. The molecule has 10 heteroatoms. The van der Waals surface area contributed by atoms with Crippen molar-refractivity contribution in [3.05, 3.63) is 60.0 Å². The molecule has 0 bridgehead atoms. The summed E-state index contributed by atoms with van der Waals surface area (Å²) in [5.41, 5.74) is 5.76. The topological polar surface area (TPSA) is 110 Å². The molecule has 2 N–H and O–H groups in total. The Morgan fingerprint density at radius 2 is 1.67 bits per heavy atom. The minimum absolute atomic E-state index is 0.0875. The van der Waals surface area contributed by atoms with Gasteiger partial charge in [0.15, 0.2) is 5.82 Å². The van der Waals surface area contributed by atoms with E-state index in [4.69, 9.17) is 14.7 Å². The maximum Gasteiger partial charge on any atom is 0.228 e. The third kappa shape index (κ3) is 5.07. The predicted molar refractivity (Wildman–Crippen MR) is 153 cm³/mol. The van der Waals surface area contributed by atoms with Gasteiger partial charge in [0.2, 0.25) is 5.95 Å². The first kappa shape index (κ1) is 25.0. The molecule has 3 aromatic heterocycles. The highest BCUT2D eigenvalue weighted by atomic mass is 16.5. The third-order valence-corrected chi connectivity index (χ3v) is 6.97. The number of aromatic nitrogens is 7. The molecule has 1 aliphatic rings. The van der Waals surface area contributed by atoms with Gasteiger partial charge in [0.05, 0.1) is 30.1 Å². The second-order valence-corrected chi connectivity index (χ2v) is 11.0. The zero-order valence-electron chi connectivity index (χ0n) is 23.0. The predicted octanol–water partition coefficient (Wildman–Crippen LogP) is 5.00. The maximum absolute atomic E-state index is 5.56. The average molecular weight is 524 g/mol. The Morgan fingerprint density at radius 1 is 0.923 bits per heavy atom. The highest BCUT2D eigenvalue weighted by Gasteiger charge is 2.20. The van der Waals surface area contributed by atoms with Crippen LogP contribution in [0.1, 0.15) is 32.3 Å². The molecular weight excluding hydrogens is 490 g/mol. The van der Waals surface area contributed by atoms with Crippen LogP contribution in [0.3, 0.4) is 0 Å². The van der Waals surface area contributed by atoms with Crippen LogP contribution in [0.5, 0.6) is 0 Å². The molecule has 0 unspecified atom stereocenters. The van der Waals surface area contributed by atoms with E-state index < -0.39 is 0 Å². The van der Waals surface area contributed by atoms with Crippen molar-refractivity contribution in [1.29, 1.82) is 0 Å². The Morgan fingerprint density at radius 3 is 2.38 bits per heavy atom. The lowest BCUT2D eigenvalue weighted by Crippen LogP contribution is -2.37. The quantitative estimate of drug-likeness (QED) is 0.331. The summed E-state index contributed by atoms with van der Waals surface area (Å²) >= 11 is 0. The second-order valence-electron chi connectivity index (χ2n) is 11.0. The van der Waals surface area contributed by atoms with E-state index in [1.807, 2.05) is 49.0 Å². The fraction of sp³-hybridized carbons (Fsp3) is 0.345. The monoisotopic (exact) mass is 523 g/mol. The number of hydrogen-bond acceptors (Lipinski definition) is 8. The van der Waals surface area contributed by atoms with Gasteiger partial charge in [0.1, 0.15) is 11.6 Å². The molecule has 5 aromatic rings. The summed E-state index contributed by atoms with van der Waals surface area (Å²) in [5.74, 6) is 3.03. The van der Waals surface area contributed by atoms with Gasteiger partial charge < -0.3 is 19.9 Å². The molecule has 0 spiro atoms. The Labute approximate surface area is 227 Å². The number of rotatable bonds is 5. The van der Waals surface area contributed by atoms with Gasteiger partial charge in [-0.25, -0.2) is 4.98 Å². The first-order chi connectivity index (χ1) is 18.7. The number of benzene rings is 2. The normalized spacial score (nSPS) is 14.2. The van der Waals surface area contributed by atoms with E-state index in [2.05, 4.69) is 69.5 Å². The van der Waals surface area contributed by atoms with Crippen molar-refractivity contribution in [2.45, 2.75) is 33.1 Å². The highest BCUT2D eigenvalue weighted by molar-refractivity contribution is 5.86. The number of morpholine rings is 1. The molecule has 0 amide bonds. The van der Waals surface area contributed by atoms with E-state index >= 15 is 0 Å². The van der Waals surface area contributed by atoms with Gasteiger partial charge >= 0.3 is 0 Å². The number of hydrogen-bond donors (Lipinski definition) is 2. The Bertz CT molecular complexity index is 1620. The summed E-state index contributed by atoms with van der Waals surface area (Å²) in [6, 6.07) is 16.5. The number of nitrogens with zero attached hydrogens (tertiary/aromatic N) is 7. The smallest absolute Gasteiger partial charge is 0.228 e. The summed E-state index contributed by atoms with van der Waals surface area (Å²) < 4.78 is 7.47. The molecule has 1 fully saturated rings. The van der Waals surface area contributed by atoms with E-state index in [1.54, 1.807) is 0 Å². The minimum Gasteiger partial charge on any atom is -0.378 e. The van der Waals surface area contributed by atoms with Crippen molar-refractivity contribution in [2.24, 2.45) is 7.05 Å². The van der Waals surface area contributed by atoms with Crippen molar-refractivity contribution in [3.63, 3.8) is 0 Å². The lowest BCUT2D eigenvalue weighted by atomic mass is 9.96. The second kappa shape index (κ2) is 9.77. The van der Waals surface area contributed by atoms with Crippen molar-refractivity contribution >= 4 is 28.4 Å². The highest BCUT2D eigenvalue weighted by Crippen LogP contribution is 2.29. The van der Waals surface area contributed by atoms with Gasteiger partial charge in [0.25, 0.3) is 0 Å². The van der Waals surface area contributed by atoms with Crippen molar-refractivity contribution in [2.75, 3.05) is 36.5 Å². The zero-order valence-corrected chi connectivity index (χ0v) is 23.0. The van der Waals surface area contributed by atoms with Crippen LogP contribution in [-0.4, -0.2) is 61.2 Å². The van der Waals surface area contributed by atoms with Crippen molar-refractivity contribution in [3.8, 4) is 22.6 Å². The van der Waals surface area contributed by atoms with Crippen LogP contribution in [-0.2, 0) is 17.2 Å². The molecule has 6 rings (SSSR count). The van der Waals surface area contributed by atoms with Gasteiger partial charge in [-0.15, -0.1) is 10.2 Å². The lowest BCUT2D eigenvalue weighted by molar-refractivity contribution is 0.122. The van der Waals surface area contributed by atoms with Crippen LogP contribution in [0, 0.1) is 6.92 Å². The fourth-order valence-electron chi connectivity index (χ4n) is 4.74. The summed E-state index contributed by atoms with van der Waals surface area (Å²) in [4.78, 5) is 15.3. The molecule has 0 atom stereocenters. The summed E-state index contributed by atoms with van der Waals surface area (Å²) in [5, 5.41) is 17.8. The van der Waals surface area contributed by atoms with E-state index in [9.17, 15) is 0 Å². The summed E-state index contributed by atoms with van der Waals surface area (Å²) in [7, 11) is 1.97. The van der Waals surface area contributed by atoms with Crippen molar-refractivity contribution in [1.82, 2.24) is 34.9 Å². The Balaban J connectivity index is 1.32. The first-order valence-corrected chi connectivity index (χ1v) is 13.2. The SMILES string of the molecule is Cc1nn(C)c2cc(-c3cc(Nc4ccc(-c5nnc(C(C)(C)C)[nH]5)cc4)nc(N4CCOCC4)n3)ccc12. The van der Waals surface area contributed by atoms with Gasteiger partial charge in [-0.1, -0.05) is 32.9 Å². The van der Waals surface area contributed by atoms with Gasteiger partial charge in [-0.2, -0.15) is 10.1 Å². The summed E-state index contributed by atoms with van der Waals surface area (Å²) in [6.07, 6.45) is 0. The van der Waals surface area contributed by atoms with Crippen LogP contribution in [0.2, 0.25) is 0 Å². The summed E-state index contributed by atoms with van der Waals surface area (Å²) in [6.45, 7) is 11.2. The molecule has 0 saturated carbocycles. The van der Waals surface area contributed by atoms with Crippen molar-refractivity contribution < 1.29 is 4.74 Å². The molecule has 2 aromatic carbocycles. The van der Waals surface area contributed by atoms with E-state index in [1.165, 1.54) is 0 Å². The zero-order chi connectivity index (χ0) is 27.1. The molecule has 10 nitrogen and oxygen atoms in total. The molecule has 0 radical (unpaired) electrons. The number of H-pyrrole nitrogens is 1. The lowest BCUT2D eigenvalue weighted by Gasteiger charge is -2.27. The number of aryl methyl sites for hydroxylation is 2. The van der Waals surface area contributed by atoms with E-state index in [-0.39, 0.29) is 5.41 Å². The Kier molecular flexibility index (Phi) is 6.26. The molecule has 4 heterocycles. The van der Waals surface area contributed by atoms with E-state index in [0.717, 1.165) is 69.7 Å². The van der Waals surface area contributed by atoms with E-state index in [0.29, 0.717) is 19.2 Å². The van der Waals surface area contributed by atoms with Gasteiger partial charge in [0, 0.05) is 53.8 Å². The van der Waals surface area contributed by atoms with Crippen LogP contribution in [0.15, 0.2) is 48.5 Å². The number of anilines is 3. The van der Waals surface area contributed by atoms with Gasteiger partial charge in [-0.3, -0.25) is 4.68 Å². The van der Waals surface area contributed by atoms with Crippen LogP contribution >= 0.6 is 0 Å². The molecule has 0 aliphatic carbocycles. The molecule has 1 aliphatic heterocycles. The maximum atomic E-state index is 5.56. The van der Waals surface area contributed by atoms with Crippen LogP contribution in [0.4, 0.5) is 17.5 Å². The number of nitrogens with one attached hydrogen (secondary N) is 2. The number of fused-ring (bicyclic) bond motifs is 1. The number of aromatic amines is 1. The van der Waals surface area contributed by atoms with Crippen LogP contribution in [0.25, 0.3) is 33.5 Å². The Hall–Kier alpha value is -4.31. The number of ether oxygens (including phenoxy) is 1. The molecule has 200 valence electrons. The largest absolute Gasteiger partial charge is 0.378 e. The molecular formula is C29H33N9O. The van der Waals surface area contributed by atoms with Gasteiger partial charge in [-0.05, 0) is 37.3 Å². The third-order valence-electron chi connectivity index (χ3n) is 6.97. The first-order valence-electron chi connectivity index (χ1n) is 13.2.